The highest BCUT2D eigenvalue weighted by Crippen LogP contribution is 2.19. The van der Waals surface area contributed by atoms with E-state index in [-0.39, 0.29) is 12.2 Å². The van der Waals surface area contributed by atoms with Crippen LogP contribution in [0.1, 0.15) is 10.4 Å². The second-order valence-electron chi connectivity index (χ2n) is 3.20. The first-order valence-electron chi connectivity index (χ1n) is 4.79. The van der Waals surface area contributed by atoms with Crippen molar-refractivity contribution in [3.63, 3.8) is 0 Å². The number of carboxylic acid groups (broad SMARTS) is 1. The third kappa shape index (κ3) is 3.90. The van der Waals surface area contributed by atoms with Crippen LogP contribution in [0.15, 0.2) is 18.2 Å². The number of aromatic carboxylic acids is 1. The second-order valence-corrected chi connectivity index (χ2v) is 3.20. The van der Waals surface area contributed by atoms with E-state index in [0.29, 0.717) is 17.9 Å². The van der Waals surface area contributed by atoms with E-state index >= 15 is 0 Å². The summed E-state index contributed by atoms with van der Waals surface area (Å²) in [6, 6.07) is 4.32. The normalized spacial score (nSPS) is 9.65. The Morgan fingerprint density at radius 2 is 2.12 bits per heavy atom. The lowest BCUT2D eigenvalue weighted by Crippen LogP contribution is -2.18. The van der Waals surface area contributed by atoms with E-state index in [1.54, 1.807) is 6.07 Å². The van der Waals surface area contributed by atoms with Crippen molar-refractivity contribution < 1.29 is 19.4 Å². The summed E-state index contributed by atoms with van der Waals surface area (Å²) < 4.78 is 4.51. The number of hydrogen-bond acceptors (Lipinski definition) is 5. The number of anilines is 2. The Morgan fingerprint density at radius 3 is 2.65 bits per heavy atom. The van der Waals surface area contributed by atoms with E-state index in [1.165, 1.54) is 12.1 Å². The molecule has 1 rings (SSSR count). The largest absolute Gasteiger partial charge is 0.478 e. The Labute approximate surface area is 97.4 Å². The highest BCUT2D eigenvalue weighted by molar-refractivity contribution is 5.90. The van der Waals surface area contributed by atoms with Crippen LogP contribution in [0.3, 0.4) is 0 Å². The molecule has 0 spiro atoms. The molecule has 0 bridgehead atoms. The van der Waals surface area contributed by atoms with Gasteiger partial charge in [-0.15, -0.1) is 0 Å². The van der Waals surface area contributed by atoms with Gasteiger partial charge in [0, 0.05) is 6.54 Å². The average Bonchev–Trinajstić information content (AvgIpc) is 2.25. The number of primary amides is 1. The van der Waals surface area contributed by atoms with Crippen LogP contribution in [-0.2, 0) is 4.74 Å². The molecule has 0 radical (unpaired) electrons. The Bertz CT molecular complexity index is 434. The number of amides is 1. The summed E-state index contributed by atoms with van der Waals surface area (Å²) in [5.41, 5.74) is 11.4. The molecule has 0 saturated heterocycles. The Kier molecular flexibility index (Phi) is 4.15. The zero-order valence-corrected chi connectivity index (χ0v) is 8.97. The van der Waals surface area contributed by atoms with Gasteiger partial charge in [0.15, 0.2) is 0 Å². The molecule has 0 aromatic heterocycles. The van der Waals surface area contributed by atoms with E-state index in [4.69, 9.17) is 16.6 Å². The van der Waals surface area contributed by atoms with Crippen molar-refractivity contribution >= 4 is 23.4 Å². The molecule has 7 nitrogen and oxygen atoms in total. The number of nitrogens with two attached hydrogens (primary N) is 2. The van der Waals surface area contributed by atoms with Gasteiger partial charge in [0.1, 0.15) is 6.61 Å². The summed E-state index contributed by atoms with van der Waals surface area (Å²) in [5.74, 6) is -1.04. The molecule has 1 amide bonds. The molecule has 0 saturated carbocycles. The first-order valence-corrected chi connectivity index (χ1v) is 4.79. The molecule has 6 N–H and O–H groups in total. The minimum Gasteiger partial charge on any atom is -0.478 e. The summed E-state index contributed by atoms with van der Waals surface area (Å²) in [6.07, 6.45) is -0.846. The predicted molar refractivity (Wildman–Crippen MR) is 61.8 cm³/mol. The smallest absolute Gasteiger partial charge is 0.404 e. The molecule has 1 aromatic rings. The molecule has 0 fully saturated rings. The number of ether oxygens (including phenoxy) is 1. The molecule has 0 unspecified atom stereocenters. The highest BCUT2D eigenvalue weighted by Gasteiger charge is 2.05. The van der Waals surface area contributed by atoms with Crippen LogP contribution in [0.2, 0.25) is 0 Å². The van der Waals surface area contributed by atoms with E-state index < -0.39 is 12.1 Å². The lowest BCUT2D eigenvalue weighted by molar-refractivity contribution is 0.0697. The van der Waals surface area contributed by atoms with Crippen LogP contribution in [0.25, 0.3) is 0 Å². The van der Waals surface area contributed by atoms with E-state index in [9.17, 15) is 9.59 Å². The SMILES string of the molecule is NC(=O)OCCNc1ccc(C(=O)O)cc1N. The number of nitrogens with one attached hydrogen (secondary N) is 1. The van der Waals surface area contributed by atoms with Gasteiger partial charge in [0.25, 0.3) is 0 Å². The maximum Gasteiger partial charge on any atom is 0.404 e. The van der Waals surface area contributed by atoms with Gasteiger partial charge in [-0.1, -0.05) is 0 Å². The van der Waals surface area contributed by atoms with Crippen molar-refractivity contribution in [3.8, 4) is 0 Å². The third-order valence-corrected chi connectivity index (χ3v) is 1.96. The summed E-state index contributed by atoms with van der Waals surface area (Å²) in [7, 11) is 0. The fourth-order valence-electron chi connectivity index (χ4n) is 1.19. The van der Waals surface area contributed by atoms with Crippen LogP contribution in [0.5, 0.6) is 0 Å². The minimum absolute atomic E-state index is 0.107. The van der Waals surface area contributed by atoms with Crippen LogP contribution in [0.4, 0.5) is 16.2 Å². The molecule has 0 aliphatic carbocycles. The average molecular weight is 239 g/mol. The number of nitrogen functional groups attached to an aromatic ring is 1. The summed E-state index contributed by atoms with van der Waals surface area (Å²) in [4.78, 5) is 20.9. The summed E-state index contributed by atoms with van der Waals surface area (Å²) >= 11 is 0. The molecule has 0 heterocycles. The van der Waals surface area contributed by atoms with E-state index in [2.05, 4.69) is 10.1 Å². The number of carbonyl (C=O) groups is 2. The Balaban J connectivity index is 2.54. The van der Waals surface area contributed by atoms with Gasteiger partial charge in [-0.2, -0.15) is 0 Å². The fraction of sp³-hybridized carbons (Fsp3) is 0.200. The predicted octanol–water partition coefficient (Wildman–Crippen LogP) is 0.474. The zero-order chi connectivity index (χ0) is 12.8. The van der Waals surface area contributed by atoms with Crippen molar-refractivity contribution in [2.45, 2.75) is 0 Å². The van der Waals surface area contributed by atoms with Gasteiger partial charge in [-0.05, 0) is 18.2 Å². The standard InChI is InChI=1S/C10H13N3O4/c11-7-5-6(9(14)15)1-2-8(7)13-3-4-17-10(12)16/h1-2,5,13H,3-4,11H2,(H2,12,16)(H,14,15). The lowest BCUT2D eigenvalue weighted by Gasteiger charge is -2.09. The maximum absolute atomic E-state index is 10.7. The fourth-order valence-corrected chi connectivity index (χ4v) is 1.19. The number of benzene rings is 1. The topological polar surface area (TPSA) is 128 Å². The number of carboxylic acids is 1. The minimum atomic E-state index is -1.04. The molecule has 17 heavy (non-hydrogen) atoms. The first kappa shape index (κ1) is 12.6. The second kappa shape index (κ2) is 5.59. The Morgan fingerprint density at radius 1 is 1.41 bits per heavy atom. The number of carbonyl (C=O) groups excluding carboxylic acids is 1. The van der Waals surface area contributed by atoms with E-state index in [0.717, 1.165) is 0 Å². The van der Waals surface area contributed by atoms with Crippen molar-refractivity contribution in [3.05, 3.63) is 23.8 Å². The molecule has 0 aliphatic heterocycles. The number of rotatable bonds is 5. The maximum atomic E-state index is 10.7. The first-order chi connectivity index (χ1) is 8.00. The van der Waals surface area contributed by atoms with Crippen molar-refractivity contribution in [1.82, 2.24) is 0 Å². The van der Waals surface area contributed by atoms with Gasteiger partial charge in [-0.3, -0.25) is 0 Å². The van der Waals surface area contributed by atoms with Crippen molar-refractivity contribution in [1.29, 1.82) is 0 Å². The molecular formula is C10H13N3O4. The monoisotopic (exact) mass is 239 g/mol. The number of hydrogen-bond donors (Lipinski definition) is 4. The van der Waals surface area contributed by atoms with Crippen molar-refractivity contribution in [2.24, 2.45) is 5.73 Å². The van der Waals surface area contributed by atoms with Gasteiger partial charge < -0.3 is 26.6 Å². The van der Waals surface area contributed by atoms with Gasteiger partial charge in [0.2, 0.25) is 0 Å². The van der Waals surface area contributed by atoms with Gasteiger partial charge >= 0.3 is 12.1 Å². The lowest BCUT2D eigenvalue weighted by atomic mass is 10.2. The molecule has 92 valence electrons. The van der Waals surface area contributed by atoms with Gasteiger partial charge in [-0.25, -0.2) is 9.59 Å². The van der Waals surface area contributed by atoms with Crippen LogP contribution < -0.4 is 16.8 Å². The third-order valence-electron chi connectivity index (χ3n) is 1.96. The van der Waals surface area contributed by atoms with E-state index in [1.807, 2.05) is 0 Å². The zero-order valence-electron chi connectivity index (χ0n) is 8.97. The quantitative estimate of drug-likeness (QED) is 0.437. The molecule has 7 heteroatoms. The molecule has 0 atom stereocenters. The highest BCUT2D eigenvalue weighted by atomic mass is 16.5. The van der Waals surface area contributed by atoms with Crippen LogP contribution in [0, 0.1) is 0 Å². The Hall–Kier alpha value is -2.44. The van der Waals surface area contributed by atoms with Gasteiger partial charge in [0.05, 0.1) is 16.9 Å². The summed E-state index contributed by atoms with van der Waals surface area (Å²) in [6.45, 7) is 0.439. The van der Waals surface area contributed by atoms with Crippen LogP contribution >= 0.6 is 0 Å². The molecule has 1 aromatic carbocycles. The van der Waals surface area contributed by atoms with Crippen molar-refractivity contribution in [2.75, 3.05) is 24.2 Å². The molecule has 0 aliphatic rings. The van der Waals surface area contributed by atoms with Crippen LogP contribution in [-0.4, -0.2) is 30.3 Å². The summed E-state index contributed by atoms with van der Waals surface area (Å²) in [5, 5.41) is 11.6. The molecular weight excluding hydrogens is 226 g/mol.